The van der Waals surface area contributed by atoms with E-state index in [2.05, 4.69) is 75.6 Å². The molecule has 2 N–H and O–H groups in total. The van der Waals surface area contributed by atoms with Crippen LogP contribution in [0.25, 0.3) is 0 Å². The highest BCUT2D eigenvalue weighted by Gasteiger charge is 2.25. The highest BCUT2D eigenvalue weighted by Crippen LogP contribution is 2.29. The summed E-state index contributed by atoms with van der Waals surface area (Å²) in [5, 5.41) is 7.73. The molecule has 2 aliphatic heterocycles. The van der Waals surface area contributed by atoms with Gasteiger partial charge in [0.15, 0.2) is 5.11 Å². The molecule has 2 aliphatic rings. The second kappa shape index (κ2) is 12.2. The Kier molecular flexibility index (Phi) is 8.49. The molecule has 0 radical (unpaired) electrons. The van der Waals surface area contributed by atoms with E-state index in [1.807, 2.05) is 24.3 Å². The van der Waals surface area contributed by atoms with Crippen LogP contribution in [0.2, 0.25) is 5.02 Å². The van der Waals surface area contributed by atoms with Crippen molar-refractivity contribution in [1.82, 2.24) is 15.3 Å². The van der Waals surface area contributed by atoms with Gasteiger partial charge in [-0.05, 0) is 60.3 Å². The Morgan fingerprint density at radius 1 is 0.868 bits per heavy atom. The standard InChI is InChI=1S/C29H36ClN7S/c1-21-16-22(2)20-37(19-21)27-17-26(36-14-12-35(13-15-36)25-6-4-3-5-7-25)32-28(33-27)34-29(38)31-18-23-8-10-24(30)11-9-23/h3-11,17,21-22H,12-16,18-20H2,1-2H3,(H2,31,32,33,34,38)/t21-,22+. The fraction of sp³-hybridized carbons (Fsp3) is 0.414. The number of hydrogen-bond acceptors (Lipinski definition) is 6. The number of piperazine rings is 1. The third kappa shape index (κ3) is 6.85. The number of halogens is 1. The first-order valence-corrected chi connectivity index (χ1v) is 14.2. The lowest BCUT2D eigenvalue weighted by molar-refractivity contribution is 0.355. The quantitative estimate of drug-likeness (QED) is 0.395. The summed E-state index contributed by atoms with van der Waals surface area (Å²) in [6.45, 7) is 10.9. The molecule has 0 aliphatic carbocycles. The van der Waals surface area contributed by atoms with Crippen LogP contribution in [0.5, 0.6) is 0 Å². The first kappa shape index (κ1) is 26.5. The molecular weight excluding hydrogens is 514 g/mol. The lowest BCUT2D eigenvalue weighted by atomic mass is 9.92. The smallest absolute Gasteiger partial charge is 0.232 e. The van der Waals surface area contributed by atoms with Crippen molar-refractivity contribution < 1.29 is 0 Å². The van der Waals surface area contributed by atoms with Gasteiger partial charge < -0.3 is 25.3 Å². The molecule has 5 rings (SSSR count). The van der Waals surface area contributed by atoms with Gasteiger partial charge in [0, 0.05) is 62.6 Å². The van der Waals surface area contributed by atoms with Crippen molar-refractivity contribution in [1.29, 1.82) is 0 Å². The molecule has 0 saturated carbocycles. The number of nitrogens with one attached hydrogen (secondary N) is 2. The Morgan fingerprint density at radius 2 is 1.47 bits per heavy atom. The van der Waals surface area contributed by atoms with Crippen molar-refractivity contribution in [2.75, 3.05) is 59.3 Å². The molecule has 0 bridgehead atoms. The van der Waals surface area contributed by atoms with Crippen molar-refractivity contribution in [2.45, 2.75) is 26.8 Å². The lowest BCUT2D eigenvalue weighted by Gasteiger charge is -2.38. The summed E-state index contributed by atoms with van der Waals surface area (Å²) in [6, 6.07) is 20.5. The number of para-hydroxylation sites is 1. The predicted octanol–water partition coefficient (Wildman–Crippen LogP) is 5.43. The second-order valence-electron chi connectivity index (χ2n) is 10.5. The van der Waals surface area contributed by atoms with E-state index in [1.54, 1.807) is 0 Å². The van der Waals surface area contributed by atoms with Crippen LogP contribution in [-0.2, 0) is 6.54 Å². The molecule has 2 atom stereocenters. The third-order valence-electron chi connectivity index (χ3n) is 7.21. The fourth-order valence-corrected chi connectivity index (χ4v) is 5.70. The molecule has 0 spiro atoms. The first-order chi connectivity index (χ1) is 18.4. The number of rotatable bonds is 6. The third-order valence-corrected chi connectivity index (χ3v) is 7.71. The van der Waals surface area contributed by atoms with E-state index >= 15 is 0 Å². The zero-order valence-electron chi connectivity index (χ0n) is 22.1. The van der Waals surface area contributed by atoms with Crippen molar-refractivity contribution in [3.05, 3.63) is 71.2 Å². The Balaban J connectivity index is 1.31. The van der Waals surface area contributed by atoms with Gasteiger partial charge in [0.25, 0.3) is 0 Å². The summed E-state index contributed by atoms with van der Waals surface area (Å²) >= 11 is 11.6. The minimum Gasteiger partial charge on any atom is -0.368 e. The summed E-state index contributed by atoms with van der Waals surface area (Å²) in [5.74, 6) is 3.69. The Bertz CT molecular complexity index is 1210. The van der Waals surface area contributed by atoms with E-state index in [-0.39, 0.29) is 0 Å². The first-order valence-electron chi connectivity index (χ1n) is 13.4. The zero-order chi connectivity index (χ0) is 26.5. The van der Waals surface area contributed by atoms with Crippen molar-refractivity contribution in [3.8, 4) is 0 Å². The van der Waals surface area contributed by atoms with Gasteiger partial charge in [-0.3, -0.25) is 0 Å². The maximum atomic E-state index is 6.01. The Labute approximate surface area is 236 Å². The molecular formula is C29H36ClN7S. The summed E-state index contributed by atoms with van der Waals surface area (Å²) < 4.78 is 0. The maximum absolute atomic E-state index is 6.01. The van der Waals surface area contributed by atoms with E-state index in [0.29, 0.717) is 29.4 Å². The van der Waals surface area contributed by atoms with Crippen LogP contribution in [0.4, 0.5) is 23.3 Å². The number of piperidine rings is 1. The Hall–Kier alpha value is -3.10. The van der Waals surface area contributed by atoms with Crippen LogP contribution in [0.1, 0.15) is 25.8 Å². The molecule has 0 unspecified atom stereocenters. The molecule has 2 saturated heterocycles. The fourth-order valence-electron chi connectivity index (χ4n) is 5.41. The van der Waals surface area contributed by atoms with Gasteiger partial charge in [0.2, 0.25) is 5.95 Å². The van der Waals surface area contributed by atoms with Gasteiger partial charge in [-0.25, -0.2) is 0 Å². The van der Waals surface area contributed by atoms with Crippen molar-refractivity contribution >= 4 is 52.2 Å². The predicted molar refractivity (Wildman–Crippen MR) is 163 cm³/mol. The van der Waals surface area contributed by atoms with E-state index in [9.17, 15) is 0 Å². The van der Waals surface area contributed by atoms with Gasteiger partial charge in [-0.1, -0.05) is 55.8 Å². The van der Waals surface area contributed by atoms with Crippen LogP contribution >= 0.6 is 23.8 Å². The van der Waals surface area contributed by atoms with Gasteiger partial charge in [-0.2, -0.15) is 9.97 Å². The molecule has 7 nitrogen and oxygen atoms in total. The van der Waals surface area contributed by atoms with E-state index in [0.717, 1.165) is 61.5 Å². The minimum atomic E-state index is 0.498. The number of thiocarbonyl (C=S) groups is 1. The number of aromatic nitrogens is 2. The summed E-state index contributed by atoms with van der Waals surface area (Å²) in [6.07, 6.45) is 1.25. The molecule has 2 aromatic carbocycles. The van der Waals surface area contributed by atoms with Gasteiger partial charge in [-0.15, -0.1) is 0 Å². The minimum absolute atomic E-state index is 0.498. The Morgan fingerprint density at radius 3 is 2.13 bits per heavy atom. The van der Waals surface area contributed by atoms with Crippen LogP contribution in [-0.4, -0.2) is 54.3 Å². The van der Waals surface area contributed by atoms with E-state index in [4.69, 9.17) is 33.8 Å². The highest BCUT2D eigenvalue weighted by molar-refractivity contribution is 7.80. The van der Waals surface area contributed by atoms with Crippen LogP contribution < -0.4 is 25.3 Å². The lowest BCUT2D eigenvalue weighted by Crippen LogP contribution is -2.47. The molecule has 1 aromatic heterocycles. The SMILES string of the molecule is C[C@@H]1C[C@H](C)CN(c2cc(N3CCN(c4ccccc4)CC3)nc(NC(=S)NCc3ccc(Cl)cc3)n2)C1. The monoisotopic (exact) mass is 549 g/mol. The molecule has 3 heterocycles. The van der Waals surface area contributed by atoms with Gasteiger partial charge >= 0.3 is 0 Å². The topological polar surface area (TPSA) is 59.6 Å². The molecule has 2 fully saturated rings. The molecule has 0 amide bonds. The number of anilines is 4. The number of hydrogen-bond donors (Lipinski definition) is 2. The summed E-state index contributed by atoms with van der Waals surface area (Å²) in [7, 11) is 0. The van der Waals surface area contributed by atoms with Crippen LogP contribution in [0.15, 0.2) is 60.7 Å². The van der Waals surface area contributed by atoms with Gasteiger partial charge in [0.1, 0.15) is 11.6 Å². The molecule has 38 heavy (non-hydrogen) atoms. The van der Waals surface area contributed by atoms with Crippen molar-refractivity contribution in [3.63, 3.8) is 0 Å². The zero-order valence-corrected chi connectivity index (χ0v) is 23.7. The summed E-state index contributed by atoms with van der Waals surface area (Å²) in [4.78, 5) is 17.0. The van der Waals surface area contributed by atoms with Crippen molar-refractivity contribution in [2.24, 2.45) is 11.8 Å². The maximum Gasteiger partial charge on any atom is 0.232 e. The average Bonchev–Trinajstić information content (AvgIpc) is 2.93. The largest absolute Gasteiger partial charge is 0.368 e. The van der Waals surface area contributed by atoms with Crippen LogP contribution in [0, 0.1) is 11.8 Å². The van der Waals surface area contributed by atoms with E-state index < -0.39 is 0 Å². The average molecular weight is 550 g/mol. The molecule has 200 valence electrons. The summed E-state index contributed by atoms with van der Waals surface area (Å²) in [5.41, 5.74) is 2.37. The second-order valence-corrected chi connectivity index (χ2v) is 11.3. The van der Waals surface area contributed by atoms with Crippen LogP contribution in [0.3, 0.4) is 0 Å². The molecule has 3 aromatic rings. The van der Waals surface area contributed by atoms with E-state index in [1.165, 1.54) is 12.1 Å². The number of nitrogens with zero attached hydrogens (tertiary/aromatic N) is 5. The molecule has 9 heteroatoms. The van der Waals surface area contributed by atoms with Gasteiger partial charge in [0.05, 0.1) is 0 Å². The highest BCUT2D eigenvalue weighted by atomic mass is 35.5. The normalized spacial score (nSPS) is 19.8. The number of benzene rings is 2.